The lowest BCUT2D eigenvalue weighted by Gasteiger charge is -2.28. The number of nitrogens with one attached hydrogen (secondary N) is 1. The normalized spacial score (nSPS) is 15.3. The molecule has 1 aliphatic heterocycles. The first-order chi connectivity index (χ1) is 12.3. The molecular formula is C20H22N4O. The summed E-state index contributed by atoms with van der Waals surface area (Å²) in [6.07, 6.45) is 7.31. The van der Waals surface area contributed by atoms with Crippen molar-refractivity contribution in [3.05, 3.63) is 77.6 Å². The molecule has 5 nitrogen and oxygen atoms in total. The van der Waals surface area contributed by atoms with E-state index < -0.39 is 0 Å². The van der Waals surface area contributed by atoms with Gasteiger partial charge in [0.05, 0.1) is 0 Å². The Kier molecular flexibility index (Phi) is 6.06. The molecule has 1 aliphatic rings. The third-order valence-corrected chi connectivity index (χ3v) is 4.20. The maximum absolute atomic E-state index is 11.8. The number of amides is 1. The van der Waals surface area contributed by atoms with Crippen molar-refractivity contribution in [2.45, 2.75) is 19.4 Å². The van der Waals surface area contributed by atoms with E-state index in [2.05, 4.69) is 44.7 Å². The Bertz CT molecular complexity index is 731. The van der Waals surface area contributed by atoms with Crippen LogP contribution >= 0.6 is 0 Å². The molecule has 1 fully saturated rings. The second kappa shape index (κ2) is 8.89. The molecule has 0 saturated carbocycles. The first kappa shape index (κ1) is 17.0. The van der Waals surface area contributed by atoms with Gasteiger partial charge in [-0.1, -0.05) is 42.0 Å². The van der Waals surface area contributed by atoms with Crippen molar-refractivity contribution in [1.82, 2.24) is 15.3 Å². The summed E-state index contributed by atoms with van der Waals surface area (Å²) in [5, 5.41) is 3.97. The fourth-order valence-electron chi connectivity index (χ4n) is 2.80. The van der Waals surface area contributed by atoms with Crippen molar-refractivity contribution in [3.63, 3.8) is 0 Å². The zero-order valence-electron chi connectivity index (χ0n) is 14.1. The molecule has 3 rings (SSSR count). The number of piperidine rings is 1. The van der Waals surface area contributed by atoms with E-state index in [0.29, 0.717) is 5.69 Å². The minimum atomic E-state index is -0.298. The maximum atomic E-state index is 11.8. The molecule has 0 spiro atoms. The lowest BCUT2D eigenvalue weighted by molar-refractivity contribution is 0.0950. The number of aromatic nitrogens is 1. The van der Waals surface area contributed by atoms with Gasteiger partial charge in [0.15, 0.2) is 0 Å². The van der Waals surface area contributed by atoms with Gasteiger partial charge in [-0.15, -0.1) is 0 Å². The monoisotopic (exact) mass is 334 g/mol. The zero-order chi connectivity index (χ0) is 17.3. The van der Waals surface area contributed by atoms with E-state index in [0.717, 1.165) is 32.5 Å². The number of hydrogen-bond donors (Lipinski definition) is 1. The predicted molar refractivity (Wildman–Crippen MR) is 99.2 cm³/mol. The lowest BCUT2D eigenvalue weighted by atomic mass is 10.0. The molecule has 0 aliphatic carbocycles. The van der Waals surface area contributed by atoms with Gasteiger partial charge in [-0.05, 0) is 36.6 Å². The molecule has 1 amide bonds. The Morgan fingerprint density at radius 2 is 1.88 bits per heavy atom. The van der Waals surface area contributed by atoms with Gasteiger partial charge < -0.3 is 0 Å². The molecule has 1 aromatic carbocycles. The number of allylic oxidation sites excluding steroid dienone is 1. The highest BCUT2D eigenvalue weighted by atomic mass is 16.2. The van der Waals surface area contributed by atoms with Gasteiger partial charge in [-0.3, -0.25) is 14.7 Å². The molecule has 1 N–H and O–H groups in total. The minimum Gasteiger partial charge on any atom is -0.298 e. The van der Waals surface area contributed by atoms with Gasteiger partial charge in [0.1, 0.15) is 5.69 Å². The van der Waals surface area contributed by atoms with E-state index in [1.807, 2.05) is 12.1 Å². The number of hydrogen-bond acceptors (Lipinski definition) is 4. The smallest absolute Gasteiger partial charge is 0.289 e. The third-order valence-electron chi connectivity index (χ3n) is 4.20. The lowest BCUT2D eigenvalue weighted by Crippen LogP contribution is -2.30. The van der Waals surface area contributed by atoms with Gasteiger partial charge in [-0.2, -0.15) is 5.10 Å². The van der Waals surface area contributed by atoms with Crippen LogP contribution in [0.25, 0.3) is 0 Å². The van der Waals surface area contributed by atoms with Gasteiger partial charge in [0.25, 0.3) is 5.91 Å². The topological polar surface area (TPSA) is 57.6 Å². The molecule has 2 aromatic rings. The highest BCUT2D eigenvalue weighted by molar-refractivity contribution is 5.92. The highest BCUT2D eigenvalue weighted by Gasteiger charge is 2.13. The summed E-state index contributed by atoms with van der Waals surface area (Å²) in [4.78, 5) is 18.2. The van der Waals surface area contributed by atoms with Crippen LogP contribution in [0.4, 0.5) is 0 Å². The standard InChI is InChI=1S/C20H22N4O/c25-20(19-8-4-5-12-21-19)23-22-13-9-17-10-14-24(15-11-17)16-18-6-2-1-3-7-18/h1-9,12-13H,10-11,14-16H2,(H,23,25). The quantitative estimate of drug-likeness (QED) is 0.675. The number of rotatable bonds is 5. The molecule has 128 valence electrons. The summed E-state index contributed by atoms with van der Waals surface area (Å²) in [6, 6.07) is 15.8. The van der Waals surface area contributed by atoms with Crippen molar-refractivity contribution in [2.75, 3.05) is 13.1 Å². The van der Waals surface area contributed by atoms with Crippen LogP contribution in [-0.2, 0) is 6.54 Å². The summed E-state index contributed by atoms with van der Waals surface area (Å²) in [5.74, 6) is -0.298. The molecule has 0 radical (unpaired) electrons. The summed E-state index contributed by atoms with van der Waals surface area (Å²) < 4.78 is 0. The second-order valence-electron chi connectivity index (χ2n) is 6.02. The van der Waals surface area contributed by atoms with Crippen LogP contribution in [0.15, 0.2) is 71.5 Å². The average molecular weight is 334 g/mol. The van der Waals surface area contributed by atoms with Crippen LogP contribution in [0.5, 0.6) is 0 Å². The van der Waals surface area contributed by atoms with Crippen molar-refractivity contribution in [2.24, 2.45) is 5.10 Å². The first-order valence-electron chi connectivity index (χ1n) is 8.50. The average Bonchev–Trinajstić information content (AvgIpc) is 2.68. The zero-order valence-corrected chi connectivity index (χ0v) is 14.1. The van der Waals surface area contributed by atoms with Crippen molar-refractivity contribution in [3.8, 4) is 0 Å². The van der Waals surface area contributed by atoms with Crippen LogP contribution in [0.2, 0.25) is 0 Å². The van der Waals surface area contributed by atoms with Crippen LogP contribution in [0.1, 0.15) is 28.9 Å². The van der Waals surface area contributed by atoms with Crippen molar-refractivity contribution < 1.29 is 4.79 Å². The summed E-state index contributed by atoms with van der Waals surface area (Å²) >= 11 is 0. The Labute approximate surface area is 148 Å². The van der Waals surface area contributed by atoms with Crippen LogP contribution in [-0.4, -0.2) is 35.1 Å². The van der Waals surface area contributed by atoms with E-state index in [-0.39, 0.29) is 5.91 Å². The van der Waals surface area contributed by atoms with Crippen molar-refractivity contribution in [1.29, 1.82) is 0 Å². The molecular weight excluding hydrogens is 312 g/mol. The van der Waals surface area contributed by atoms with E-state index in [4.69, 9.17) is 0 Å². The van der Waals surface area contributed by atoms with Gasteiger partial charge >= 0.3 is 0 Å². The van der Waals surface area contributed by atoms with Crippen molar-refractivity contribution >= 4 is 12.1 Å². The van der Waals surface area contributed by atoms with Crippen LogP contribution in [0, 0.1) is 0 Å². The molecule has 0 bridgehead atoms. The van der Waals surface area contributed by atoms with E-state index >= 15 is 0 Å². The molecule has 0 unspecified atom stereocenters. The Hall–Kier alpha value is -2.79. The number of carbonyl (C=O) groups excluding carboxylic acids is 1. The van der Waals surface area contributed by atoms with E-state index in [1.54, 1.807) is 30.6 Å². The first-order valence-corrected chi connectivity index (χ1v) is 8.50. The van der Waals surface area contributed by atoms with Crippen LogP contribution < -0.4 is 5.43 Å². The molecule has 1 aromatic heterocycles. The predicted octanol–water partition coefficient (Wildman–Crippen LogP) is 3.02. The second-order valence-corrected chi connectivity index (χ2v) is 6.02. The van der Waals surface area contributed by atoms with E-state index in [1.165, 1.54) is 11.1 Å². The number of likely N-dealkylation sites (tertiary alicyclic amines) is 1. The van der Waals surface area contributed by atoms with E-state index in [9.17, 15) is 4.79 Å². The molecule has 25 heavy (non-hydrogen) atoms. The fraction of sp³-hybridized carbons (Fsp3) is 0.250. The van der Waals surface area contributed by atoms with Gasteiger partial charge in [0.2, 0.25) is 0 Å². The molecule has 0 atom stereocenters. The fourth-order valence-corrected chi connectivity index (χ4v) is 2.80. The number of carbonyl (C=O) groups is 1. The third kappa shape index (κ3) is 5.36. The van der Waals surface area contributed by atoms with Crippen LogP contribution in [0.3, 0.4) is 0 Å². The SMILES string of the molecule is O=C(NN=CC=C1CCN(Cc2ccccc2)CC1)c1ccccn1. The maximum Gasteiger partial charge on any atom is 0.289 e. The van der Waals surface area contributed by atoms with Gasteiger partial charge in [0, 0.05) is 32.0 Å². The largest absolute Gasteiger partial charge is 0.298 e. The number of nitrogens with zero attached hydrogens (tertiary/aromatic N) is 3. The molecule has 5 heteroatoms. The van der Waals surface area contributed by atoms with Gasteiger partial charge in [-0.25, -0.2) is 5.43 Å². The minimum absolute atomic E-state index is 0.298. The Morgan fingerprint density at radius 1 is 1.12 bits per heavy atom. The number of pyridine rings is 1. The Balaban J connectivity index is 1.42. The summed E-state index contributed by atoms with van der Waals surface area (Å²) in [5.41, 5.74) is 5.57. The number of hydrazone groups is 1. The summed E-state index contributed by atoms with van der Waals surface area (Å²) in [6.45, 7) is 3.10. The molecule has 2 heterocycles. The molecule has 1 saturated heterocycles. The Morgan fingerprint density at radius 3 is 2.60 bits per heavy atom. The highest BCUT2D eigenvalue weighted by Crippen LogP contribution is 2.17. The summed E-state index contributed by atoms with van der Waals surface area (Å²) in [7, 11) is 0. The number of benzene rings is 1.